The Morgan fingerprint density at radius 1 is 1.18 bits per heavy atom. The van der Waals surface area contributed by atoms with Gasteiger partial charge in [0.2, 0.25) is 0 Å². The highest BCUT2D eigenvalue weighted by Crippen LogP contribution is 2.31. The summed E-state index contributed by atoms with van der Waals surface area (Å²) in [4.78, 5) is 11.7. The number of methoxy groups -OCH3 is 2. The third kappa shape index (κ3) is 6.31. The molecule has 1 aromatic heterocycles. The molecule has 3 N–H and O–H groups in total. The van der Waals surface area contributed by atoms with E-state index in [-0.39, 0.29) is 18.8 Å². The monoisotopic (exact) mass is 532 g/mol. The van der Waals surface area contributed by atoms with Gasteiger partial charge in [0.05, 0.1) is 49.3 Å². The summed E-state index contributed by atoms with van der Waals surface area (Å²) >= 11 is 0. The molecule has 1 aliphatic rings. The smallest absolute Gasteiger partial charge is 0.406 e. The van der Waals surface area contributed by atoms with Gasteiger partial charge in [-0.15, -0.1) is 0 Å². The molecule has 2 atom stereocenters. The minimum Gasteiger partial charge on any atom is -0.495 e. The summed E-state index contributed by atoms with van der Waals surface area (Å²) in [5.74, 6) is 5.57. The van der Waals surface area contributed by atoms with Crippen molar-refractivity contribution in [2.45, 2.75) is 31.4 Å². The van der Waals surface area contributed by atoms with Crippen LogP contribution in [0, 0.1) is 11.8 Å². The Bertz CT molecular complexity index is 1360. The van der Waals surface area contributed by atoms with Crippen LogP contribution in [-0.2, 0) is 11.3 Å². The van der Waals surface area contributed by atoms with Crippen LogP contribution in [-0.4, -0.2) is 62.8 Å². The van der Waals surface area contributed by atoms with Crippen molar-refractivity contribution in [1.29, 1.82) is 0 Å². The highest BCUT2D eigenvalue weighted by atomic mass is 19.4. The molecule has 1 saturated heterocycles. The number of hydrogen-bond donors (Lipinski definition) is 3. The second-order valence-corrected chi connectivity index (χ2v) is 8.79. The first-order valence-electron chi connectivity index (χ1n) is 12.0. The maximum atomic E-state index is 14.4. The number of nitrogens with one attached hydrogen (secondary N) is 3. The van der Waals surface area contributed by atoms with E-state index < -0.39 is 30.9 Å². The summed E-state index contributed by atoms with van der Waals surface area (Å²) < 4.78 is 65.9. The lowest BCUT2D eigenvalue weighted by atomic mass is 10.0. The van der Waals surface area contributed by atoms with Crippen molar-refractivity contribution in [3.05, 3.63) is 53.7 Å². The number of hydrogen-bond acceptors (Lipinski definition) is 6. The van der Waals surface area contributed by atoms with Crippen LogP contribution in [0.25, 0.3) is 10.9 Å². The fourth-order valence-electron chi connectivity index (χ4n) is 4.40. The fourth-order valence-corrected chi connectivity index (χ4v) is 4.40. The third-order valence-corrected chi connectivity index (χ3v) is 6.24. The van der Waals surface area contributed by atoms with Gasteiger partial charge in [0.1, 0.15) is 18.5 Å². The number of halogens is 4. The molecule has 0 amide bonds. The first kappa shape index (κ1) is 27.1. The molecular weight excluding hydrogens is 504 g/mol. The SMILES string of the molecule is COC(=O)c1ccc(NCC#Cc2cc3c(N[C@H]4CCNC[C@H]4F)cccc3n2CC(F)(F)F)c(OC)c1. The van der Waals surface area contributed by atoms with E-state index in [2.05, 4.69) is 27.8 Å². The number of aromatic nitrogens is 1. The molecule has 0 saturated carbocycles. The van der Waals surface area contributed by atoms with Gasteiger partial charge in [-0.2, -0.15) is 13.2 Å². The van der Waals surface area contributed by atoms with Crippen LogP contribution in [0.1, 0.15) is 22.5 Å². The molecule has 38 heavy (non-hydrogen) atoms. The van der Waals surface area contributed by atoms with E-state index in [4.69, 9.17) is 9.47 Å². The molecule has 0 radical (unpaired) electrons. The summed E-state index contributed by atoms with van der Waals surface area (Å²) in [5.41, 5.74) is 1.97. The number of fused-ring (bicyclic) bond motifs is 1. The van der Waals surface area contributed by atoms with E-state index >= 15 is 0 Å². The molecule has 0 spiro atoms. The van der Waals surface area contributed by atoms with E-state index in [1.54, 1.807) is 36.4 Å². The van der Waals surface area contributed by atoms with Crippen molar-refractivity contribution in [3.8, 4) is 17.6 Å². The molecule has 3 aromatic rings. The van der Waals surface area contributed by atoms with E-state index in [1.807, 2.05) is 0 Å². The Morgan fingerprint density at radius 3 is 2.71 bits per heavy atom. The van der Waals surface area contributed by atoms with E-state index in [1.165, 1.54) is 20.3 Å². The Hall–Kier alpha value is -3.91. The van der Waals surface area contributed by atoms with Crippen LogP contribution in [0.15, 0.2) is 42.5 Å². The van der Waals surface area contributed by atoms with Gasteiger partial charge in [0.15, 0.2) is 0 Å². The van der Waals surface area contributed by atoms with Gasteiger partial charge in [-0.25, -0.2) is 9.18 Å². The van der Waals surface area contributed by atoms with Gasteiger partial charge in [-0.3, -0.25) is 0 Å². The number of ether oxygens (including phenoxy) is 2. The van der Waals surface area contributed by atoms with Crippen LogP contribution >= 0.6 is 0 Å². The van der Waals surface area contributed by atoms with Gasteiger partial charge in [0, 0.05) is 17.6 Å². The zero-order valence-electron chi connectivity index (χ0n) is 20.9. The molecule has 1 aliphatic heterocycles. The number of benzene rings is 2. The maximum Gasteiger partial charge on any atom is 0.406 e. The van der Waals surface area contributed by atoms with Gasteiger partial charge in [0.25, 0.3) is 0 Å². The first-order valence-corrected chi connectivity index (χ1v) is 12.0. The largest absolute Gasteiger partial charge is 0.495 e. The van der Waals surface area contributed by atoms with Crippen molar-refractivity contribution in [3.63, 3.8) is 0 Å². The molecule has 0 unspecified atom stereocenters. The third-order valence-electron chi connectivity index (χ3n) is 6.24. The molecule has 7 nitrogen and oxygen atoms in total. The minimum atomic E-state index is -4.46. The molecule has 0 aliphatic carbocycles. The average molecular weight is 533 g/mol. The van der Waals surface area contributed by atoms with Crippen LogP contribution in [0.4, 0.5) is 28.9 Å². The van der Waals surface area contributed by atoms with Crippen molar-refractivity contribution in [2.75, 3.05) is 44.5 Å². The van der Waals surface area contributed by atoms with Crippen molar-refractivity contribution in [2.24, 2.45) is 0 Å². The molecular formula is C27H28F4N4O3. The predicted octanol–water partition coefficient (Wildman–Crippen LogP) is 4.57. The van der Waals surface area contributed by atoms with Crippen LogP contribution in [0.2, 0.25) is 0 Å². The summed E-state index contributed by atoms with van der Waals surface area (Å²) in [6.45, 7) is -0.226. The molecule has 2 heterocycles. The number of carbonyl (C=O) groups is 1. The number of carbonyl (C=O) groups excluding carboxylic acids is 1. The number of rotatable bonds is 7. The van der Waals surface area contributed by atoms with Crippen LogP contribution in [0.3, 0.4) is 0 Å². The molecule has 2 aromatic carbocycles. The van der Waals surface area contributed by atoms with E-state index in [0.717, 1.165) is 4.57 Å². The number of piperidine rings is 1. The maximum absolute atomic E-state index is 14.4. The fraction of sp³-hybridized carbons (Fsp3) is 0.370. The standard InChI is InChI=1S/C27H28F4N4O3/c1-37-25-13-17(26(36)38-2)8-9-23(25)33-11-4-5-18-14-19-21(34-22-10-12-32-15-20(22)28)6-3-7-24(19)35(18)16-27(29,30)31/h3,6-9,13-14,20,22,32-34H,10-12,15-16H2,1-2H3/t20-,22+/m1/s1. The zero-order chi connectivity index (χ0) is 27.3. The highest BCUT2D eigenvalue weighted by Gasteiger charge is 2.30. The Labute approximate surface area is 217 Å². The lowest BCUT2D eigenvalue weighted by molar-refractivity contribution is -0.140. The molecule has 1 fully saturated rings. The van der Waals surface area contributed by atoms with Crippen LogP contribution < -0.4 is 20.7 Å². The average Bonchev–Trinajstić information content (AvgIpc) is 3.24. The predicted molar refractivity (Wildman–Crippen MR) is 137 cm³/mol. The first-order chi connectivity index (χ1) is 18.2. The highest BCUT2D eigenvalue weighted by molar-refractivity contribution is 5.94. The lowest BCUT2D eigenvalue weighted by Crippen LogP contribution is -2.45. The van der Waals surface area contributed by atoms with Crippen molar-refractivity contribution in [1.82, 2.24) is 9.88 Å². The Balaban J connectivity index is 1.60. The van der Waals surface area contributed by atoms with Crippen molar-refractivity contribution >= 4 is 28.2 Å². The van der Waals surface area contributed by atoms with E-state index in [9.17, 15) is 22.4 Å². The van der Waals surface area contributed by atoms with Gasteiger partial charge >= 0.3 is 12.1 Å². The van der Waals surface area contributed by atoms with Gasteiger partial charge in [-0.05, 0) is 55.3 Å². The van der Waals surface area contributed by atoms with E-state index in [0.29, 0.717) is 46.6 Å². The Kier molecular flexibility index (Phi) is 8.32. The number of alkyl halides is 4. The second kappa shape index (κ2) is 11.6. The summed E-state index contributed by atoms with van der Waals surface area (Å²) in [6.07, 6.45) is -5.01. The van der Waals surface area contributed by atoms with Crippen molar-refractivity contribution < 1.29 is 31.8 Å². The molecule has 202 valence electrons. The van der Waals surface area contributed by atoms with Gasteiger partial charge in [-0.1, -0.05) is 12.0 Å². The normalized spacial score (nSPS) is 17.4. The lowest BCUT2D eigenvalue weighted by Gasteiger charge is -2.28. The summed E-state index contributed by atoms with van der Waals surface area (Å²) in [6, 6.07) is 10.8. The number of esters is 1. The van der Waals surface area contributed by atoms with Crippen LogP contribution in [0.5, 0.6) is 5.75 Å². The second-order valence-electron chi connectivity index (χ2n) is 8.79. The number of anilines is 2. The summed E-state index contributed by atoms with van der Waals surface area (Å²) in [7, 11) is 2.72. The molecule has 4 rings (SSSR count). The van der Waals surface area contributed by atoms with Gasteiger partial charge < -0.3 is 30.0 Å². The molecule has 11 heteroatoms. The minimum absolute atomic E-state index is 0.102. The summed E-state index contributed by atoms with van der Waals surface area (Å²) in [5, 5.41) is 9.76. The topological polar surface area (TPSA) is 76.5 Å². The number of nitrogens with zero attached hydrogens (tertiary/aromatic N) is 1. The quantitative estimate of drug-likeness (QED) is 0.235. The molecule has 0 bridgehead atoms. The zero-order valence-corrected chi connectivity index (χ0v) is 20.9. The Morgan fingerprint density at radius 2 is 2.00 bits per heavy atom.